The third-order valence-corrected chi connectivity index (χ3v) is 6.12. The van der Waals surface area contributed by atoms with E-state index in [0.29, 0.717) is 25.2 Å². The maximum absolute atomic E-state index is 13.4. The molecule has 1 saturated heterocycles. The molecule has 0 radical (unpaired) electrons. The second-order valence-corrected chi connectivity index (χ2v) is 10.8. The Bertz CT molecular complexity index is 1010. The Balaban J connectivity index is 1.67. The molecule has 186 valence electrons. The Labute approximate surface area is 204 Å². The van der Waals surface area contributed by atoms with Gasteiger partial charge in [-0.1, -0.05) is 12.1 Å². The van der Waals surface area contributed by atoms with Crippen LogP contribution in [0.1, 0.15) is 74.8 Å². The average molecular weight is 469 g/mol. The maximum Gasteiger partial charge on any atom is 0.410 e. The van der Waals surface area contributed by atoms with Crippen LogP contribution in [-0.2, 0) is 11.3 Å². The van der Waals surface area contributed by atoms with Gasteiger partial charge in [0.25, 0.3) is 5.91 Å². The first-order valence-corrected chi connectivity index (χ1v) is 12.3. The van der Waals surface area contributed by atoms with E-state index in [9.17, 15) is 9.59 Å². The lowest BCUT2D eigenvalue weighted by Crippen LogP contribution is -2.48. The van der Waals surface area contributed by atoms with Crippen LogP contribution in [0, 0.1) is 19.8 Å². The molecule has 1 aliphatic heterocycles. The molecular weight excluding hydrogens is 428 g/mol. The summed E-state index contributed by atoms with van der Waals surface area (Å²) in [4.78, 5) is 29.8. The molecule has 7 nitrogen and oxygen atoms in total. The van der Waals surface area contributed by atoms with Gasteiger partial charge < -0.3 is 14.5 Å². The van der Waals surface area contributed by atoms with Crippen LogP contribution in [0.4, 0.5) is 4.79 Å². The molecule has 1 aromatic heterocycles. The second-order valence-electron chi connectivity index (χ2n) is 10.8. The molecule has 0 aliphatic carbocycles. The summed E-state index contributed by atoms with van der Waals surface area (Å²) < 4.78 is 7.58. The van der Waals surface area contributed by atoms with E-state index >= 15 is 0 Å². The van der Waals surface area contributed by atoms with Gasteiger partial charge in [-0.3, -0.25) is 9.48 Å². The molecule has 1 fully saturated rings. The van der Waals surface area contributed by atoms with Gasteiger partial charge in [-0.15, -0.1) is 0 Å². The molecule has 0 bridgehead atoms. The Morgan fingerprint density at radius 2 is 1.94 bits per heavy atom. The number of nitrogens with zero attached hydrogens (tertiary/aromatic N) is 4. The fraction of sp³-hybridized carbons (Fsp3) is 0.593. The molecule has 0 N–H and O–H groups in total. The lowest BCUT2D eigenvalue weighted by molar-refractivity contribution is 0.0124. The van der Waals surface area contributed by atoms with Gasteiger partial charge in [0.1, 0.15) is 5.60 Å². The Hall–Kier alpha value is -2.83. The zero-order chi connectivity index (χ0) is 25.0. The molecule has 34 heavy (non-hydrogen) atoms. The van der Waals surface area contributed by atoms with Crippen LogP contribution in [-0.4, -0.2) is 62.9 Å². The molecule has 1 aliphatic rings. The van der Waals surface area contributed by atoms with Crippen LogP contribution < -0.4 is 0 Å². The zero-order valence-electron chi connectivity index (χ0n) is 21.8. The first-order valence-electron chi connectivity index (χ1n) is 12.3. The van der Waals surface area contributed by atoms with Crippen LogP contribution in [0.15, 0.2) is 30.3 Å². The lowest BCUT2D eigenvalue weighted by Gasteiger charge is -2.37. The van der Waals surface area contributed by atoms with Crippen molar-refractivity contribution < 1.29 is 14.3 Å². The highest BCUT2D eigenvalue weighted by Gasteiger charge is 2.30. The summed E-state index contributed by atoms with van der Waals surface area (Å²) >= 11 is 0. The summed E-state index contributed by atoms with van der Waals surface area (Å²) in [7, 11) is 0. The highest BCUT2D eigenvalue weighted by atomic mass is 16.6. The molecule has 7 heteroatoms. The zero-order valence-corrected chi connectivity index (χ0v) is 21.8. The molecule has 3 rings (SSSR count). The van der Waals surface area contributed by atoms with Crippen molar-refractivity contribution in [1.29, 1.82) is 0 Å². The van der Waals surface area contributed by atoms with Gasteiger partial charge in [-0.2, -0.15) is 5.10 Å². The van der Waals surface area contributed by atoms with Gasteiger partial charge in [0.05, 0.1) is 12.2 Å². The number of amides is 2. The summed E-state index contributed by atoms with van der Waals surface area (Å²) in [5.41, 5.74) is 3.32. The number of carbonyl (C=O) groups excluding carboxylic acids is 2. The van der Waals surface area contributed by atoms with Crippen molar-refractivity contribution in [3.8, 4) is 0 Å². The van der Waals surface area contributed by atoms with Crippen molar-refractivity contribution in [3.05, 3.63) is 52.8 Å². The third kappa shape index (κ3) is 6.84. The summed E-state index contributed by atoms with van der Waals surface area (Å²) in [6.07, 6.45) is 1.64. The van der Waals surface area contributed by atoms with Gasteiger partial charge in [0, 0.05) is 36.9 Å². The molecule has 2 heterocycles. The maximum atomic E-state index is 13.4. The van der Waals surface area contributed by atoms with Crippen molar-refractivity contribution in [3.63, 3.8) is 0 Å². The monoisotopic (exact) mass is 468 g/mol. The molecule has 1 atom stereocenters. The highest BCUT2D eigenvalue weighted by molar-refractivity contribution is 5.94. The van der Waals surface area contributed by atoms with E-state index < -0.39 is 5.60 Å². The quantitative estimate of drug-likeness (QED) is 0.595. The van der Waals surface area contributed by atoms with E-state index in [1.165, 1.54) is 0 Å². The fourth-order valence-corrected chi connectivity index (χ4v) is 4.49. The topological polar surface area (TPSA) is 67.7 Å². The van der Waals surface area contributed by atoms with E-state index in [4.69, 9.17) is 4.74 Å². The summed E-state index contributed by atoms with van der Waals surface area (Å²) in [6.45, 7) is 16.3. The number of ether oxygens (including phenoxy) is 1. The van der Waals surface area contributed by atoms with Gasteiger partial charge in [0.2, 0.25) is 0 Å². The average Bonchev–Trinajstić information content (AvgIpc) is 3.06. The standard InChI is InChI=1S/C27H40N4O3/c1-19(2)30(26(33)34-27(5,6)7)17-23-11-9-13-29(16-23)25(32)24-12-8-10-22(15-24)18-31-21(4)14-20(3)28-31/h8,10,12,14-15,19,23H,9,11,13,16-18H2,1-7H3. The SMILES string of the molecule is Cc1cc(C)n(Cc2cccc(C(=O)N3CCCC(CN(C(=O)OC(C)(C)C)C(C)C)C3)c2)n1. The van der Waals surface area contributed by atoms with E-state index in [-0.39, 0.29) is 24.0 Å². The van der Waals surface area contributed by atoms with Crippen molar-refractivity contribution in [1.82, 2.24) is 19.6 Å². The first-order chi connectivity index (χ1) is 15.9. The predicted octanol–water partition coefficient (Wildman–Crippen LogP) is 5.05. The molecule has 0 saturated carbocycles. The summed E-state index contributed by atoms with van der Waals surface area (Å²) in [5.74, 6) is 0.277. The molecule has 1 unspecified atom stereocenters. The smallest absolute Gasteiger partial charge is 0.410 e. The number of piperidine rings is 1. The largest absolute Gasteiger partial charge is 0.444 e. The molecule has 2 aromatic rings. The fourth-order valence-electron chi connectivity index (χ4n) is 4.49. The van der Waals surface area contributed by atoms with Crippen LogP contribution >= 0.6 is 0 Å². The molecule has 0 spiro atoms. The summed E-state index contributed by atoms with van der Waals surface area (Å²) in [6, 6.07) is 9.93. The van der Waals surface area contributed by atoms with Gasteiger partial charge in [-0.05, 0) is 91.0 Å². The van der Waals surface area contributed by atoms with Gasteiger partial charge in [-0.25, -0.2) is 4.79 Å². The van der Waals surface area contributed by atoms with Crippen molar-refractivity contribution in [2.75, 3.05) is 19.6 Å². The van der Waals surface area contributed by atoms with Gasteiger partial charge in [0.15, 0.2) is 0 Å². The third-order valence-electron chi connectivity index (χ3n) is 6.12. The number of rotatable bonds is 6. The number of aromatic nitrogens is 2. The van der Waals surface area contributed by atoms with E-state index in [1.54, 1.807) is 4.90 Å². The van der Waals surface area contributed by atoms with E-state index in [1.807, 2.05) is 82.3 Å². The predicted molar refractivity (Wildman–Crippen MR) is 134 cm³/mol. The van der Waals surface area contributed by atoms with Crippen LogP contribution in [0.2, 0.25) is 0 Å². The minimum Gasteiger partial charge on any atom is -0.444 e. The minimum absolute atomic E-state index is 0.0343. The molecule has 1 aromatic carbocycles. The normalized spacial score (nSPS) is 16.6. The number of hydrogen-bond donors (Lipinski definition) is 0. The summed E-state index contributed by atoms with van der Waals surface area (Å²) in [5, 5.41) is 4.54. The van der Waals surface area contributed by atoms with Crippen molar-refractivity contribution in [2.45, 2.75) is 79.5 Å². The number of benzene rings is 1. The van der Waals surface area contributed by atoms with E-state index in [2.05, 4.69) is 11.2 Å². The van der Waals surface area contributed by atoms with Gasteiger partial charge >= 0.3 is 6.09 Å². The Kier molecular flexibility index (Phi) is 8.05. The number of aryl methyl sites for hydroxylation is 2. The molecular formula is C27H40N4O3. The number of carbonyl (C=O) groups is 2. The van der Waals surface area contributed by atoms with Crippen LogP contribution in [0.5, 0.6) is 0 Å². The van der Waals surface area contributed by atoms with Crippen molar-refractivity contribution >= 4 is 12.0 Å². The minimum atomic E-state index is -0.531. The van der Waals surface area contributed by atoms with Crippen LogP contribution in [0.25, 0.3) is 0 Å². The lowest BCUT2D eigenvalue weighted by atomic mass is 9.96. The Morgan fingerprint density at radius 1 is 1.21 bits per heavy atom. The van der Waals surface area contributed by atoms with E-state index in [0.717, 1.165) is 36.3 Å². The highest BCUT2D eigenvalue weighted by Crippen LogP contribution is 2.22. The Morgan fingerprint density at radius 3 is 2.56 bits per heavy atom. The first kappa shape index (κ1) is 25.8. The second kappa shape index (κ2) is 10.6. The number of hydrogen-bond acceptors (Lipinski definition) is 4. The molecule has 2 amide bonds. The number of likely N-dealkylation sites (tertiary alicyclic amines) is 1. The van der Waals surface area contributed by atoms with Crippen molar-refractivity contribution in [2.24, 2.45) is 5.92 Å². The van der Waals surface area contributed by atoms with Crippen LogP contribution in [0.3, 0.4) is 0 Å².